The molecule has 0 amide bonds. The summed E-state index contributed by atoms with van der Waals surface area (Å²) in [5.41, 5.74) is 6.32. The summed E-state index contributed by atoms with van der Waals surface area (Å²) in [5, 5.41) is 3.59. The van der Waals surface area contributed by atoms with Crippen molar-refractivity contribution in [2.75, 3.05) is 17.2 Å². The highest BCUT2D eigenvalue weighted by atomic mass is 32.2. The largest absolute Gasteiger partial charge is 0.399 e. The minimum Gasteiger partial charge on any atom is -0.399 e. The molecule has 0 aliphatic heterocycles. The number of rotatable bonds is 7. The van der Waals surface area contributed by atoms with Gasteiger partial charge >= 0.3 is 0 Å². The Morgan fingerprint density at radius 3 is 2.90 bits per heavy atom. The van der Waals surface area contributed by atoms with Crippen LogP contribution in [0.5, 0.6) is 0 Å². The zero-order valence-corrected chi connectivity index (χ0v) is 13.1. The van der Waals surface area contributed by atoms with E-state index in [4.69, 9.17) is 10.3 Å². The summed E-state index contributed by atoms with van der Waals surface area (Å²) < 4.78 is 30.9. The first-order valence-corrected chi connectivity index (χ1v) is 8.83. The van der Waals surface area contributed by atoms with Gasteiger partial charge in [0, 0.05) is 16.3 Å². The molecule has 9 heteroatoms. The summed E-state index contributed by atoms with van der Waals surface area (Å²) in [7, 11) is -3.38. The van der Waals surface area contributed by atoms with Gasteiger partial charge < -0.3 is 10.3 Å². The molecule has 2 rings (SSSR count). The first-order valence-electron chi connectivity index (χ1n) is 6.19. The summed E-state index contributed by atoms with van der Waals surface area (Å²) in [6.07, 6.45) is 0. The van der Waals surface area contributed by atoms with E-state index in [9.17, 15) is 8.42 Å². The number of nitrogen functional groups attached to an aromatic ring is 1. The van der Waals surface area contributed by atoms with Crippen LogP contribution in [0.3, 0.4) is 0 Å². The number of nitrogens with one attached hydrogen (secondary N) is 1. The van der Waals surface area contributed by atoms with E-state index >= 15 is 0 Å². The smallest absolute Gasteiger partial charge is 0.241 e. The minimum atomic E-state index is -3.38. The molecule has 7 nitrogen and oxygen atoms in total. The second kappa shape index (κ2) is 6.92. The van der Waals surface area contributed by atoms with Crippen LogP contribution in [-0.4, -0.2) is 30.1 Å². The van der Waals surface area contributed by atoms with Gasteiger partial charge in [0.1, 0.15) is 0 Å². The molecule has 114 valence electrons. The SMILES string of the molecule is Cc1noc(CNS(=O)(=O)CCSc2cccc(N)c2)n1. The van der Waals surface area contributed by atoms with Gasteiger partial charge in [-0.15, -0.1) is 11.8 Å². The normalized spacial score (nSPS) is 11.7. The molecule has 0 fully saturated rings. The molecule has 0 saturated heterocycles. The van der Waals surface area contributed by atoms with Crippen LogP contribution in [0.4, 0.5) is 5.69 Å². The molecule has 0 bridgehead atoms. The first kappa shape index (κ1) is 15.8. The Morgan fingerprint density at radius 1 is 1.43 bits per heavy atom. The number of thioether (sulfide) groups is 1. The Hall–Kier alpha value is -1.58. The molecule has 1 heterocycles. The molecule has 0 saturated carbocycles. The lowest BCUT2D eigenvalue weighted by molar-refractivity contribution is 0.372. The van der Waals surface area contributed by atoms with Gasteiger partial charge in [-0.25, -0.2) is 13.1 Å². The van der Waals surface area contributed by atoms with Crippen LogP contribution in [0.1, 0.15) is 11.7 Å². The van der Waals surface area contributed by atoms with Crippen molar-refractivity contribution in [2.45, 2.75) is 18.4 Å². The summed E-state index contributed by atoms with van der Waals surface area (Å²) >= 11 is 1.44. The molecule has 21 heavy (non-hydrogen) atoms. The molecule has 1 aromatic heterocycles. The average molecular weight is 328 g/mol. The maximum Gasteiger partial charge on any atom is 0.241 e. The number of hydrogen-bond donors (Lipinski definition) is 2. The van der Waals surface area contributed by atoms with Crippen molar-refractivity contribution < 1.29 is 12.9 Å². The number of aromatic nitrogens is 2. The van der Waals surface area contributed by atoms with E-state index in [2.05, 4.69) is 14.9 Å². The van der Waals surface area contributed by atoms with E-state index < -0.39 is 10.0 Å². The van der Waals surface area contributed by atoms with Crippen LogP contribution < -0.4 is 10.5 Å². The quantitative estimate of drug-likeness (QED) is 0.579. The monoisotopic (exact) mass is 328 g/mol. The molecular weight excluding hydrogens is 312 g/mol. The second-order valence-corrected chi connectivity index (χ2v) is 7.39. The maximum absolute atomic E-state index is 11.8. The Morgan fingerprint density at radius 2 is 2.24 bits per heavy atom. The first-order chi connectivity index (χ1) is 9.94. The topological polar surface area (TPSA) is 111 Å². The molecule has 0 spiro atoms. The van der Waals surface area contributed by atoms with Gasteiger partial charge in [-0.3, -0.25) is 0 Å². The Kier molecular flexibility index (Phi) is 5.21. The van der Waals surface area contributed by atoms with Crippen molar-refractivity contribution >= 4 is 27.5 Å². The molecule has 2 aromatic rings. The van der Waals surface area contributed by atoms with Gasteiger partial charge in [-0.1, -0.05) is 11.2 Å². The third-order valence-corrected chi connectivity index (χ3v) is 5.07. The number of anilines is 1. The molecule has 3 N–H and O–H groups in total. The van der Waals surface area contributed by atoms with Crippen LogP contribution in [-0.2, 0) is 16.6 Å². The fourth-order valence-electron chi connectivity index (χ4n) is 1.53. The van der Waals surface area contributed by atoms with Gasteiger partial charge in [0.05, 0.1) is 12.3 Å². The van der Waals surface area contributed by atoms with E-state index in [1.165, 1.54) is 11.8 Å². The lowest BCUT2D eigenvalue weighted by Crippen LogP contribution is -2.27. The Bertz CT molecular complexity index is 700. The van der Waals surface area contributed by atoms with Gasteiger partial charge in [0.2, 0.25) is 15.9 Å². The van der Waals surface area contributed by atoms with Gasteiger partial charge in [0.15, 0.2) is 5.82 Å². The van der Waals surface area contributed by atoms with Gasteiger partial charge in [-0.05, 0) is 25.1 Å². The van der Waals surface area contributed by atoms with E-state index in [-0.39, 0.29) is 18.2 Å². The summed E-state index contributed by atoms with van der Waals surface area (Å²) in [6.45, 7) is 1.68. The maximum atomic E-state index is 11.8. The number of sulfonamides is 1. The zero-order valence-electron chi connectivity index (χ0n) is 11.4. The zero-order chi connectivity index (χ0) is 15.3. The summed E-state index contributed by atoms with van der Waals surface area (Å²) in [6, 6.07) is 7.32. The second-order valence-electron chi connectivity index (χ2n) is 4.30. The lowest BCUT2D eigenvalue weighted by atomic mass is 10.3. The molecular formula is C12H16N4O3S2. The van der Waals surface area contributed by atoms with Crippen molar-refractivity contribution in [2.24, 2.45) is 0 Å². The number of benzene rings is 1. The van der Waals surface area contributed by atoms with Crippen molar-refractivity contribution in [1.29, 1.82) is 0 Å². The van der Waals surface area contributed by atoms with Crippen molar-refractivity contribution in [3.8, 4) is 0 Å². The highest BCUT2D eigenvalue weighted by Gasteiger charge is 2.12. The molecule has 0 aliphatic rings. The Balaban J connectivity index is 1.78. The number of hydrogen-bond acceptors (Lipinski definition) is 7. The van der Waals surface area contributed by atoms with E-state index in [1.807, 2.05) is 18.2 Å². The molecule has 0 radical (unpaired) electrons. The third kappa shape index (κ3) is 5.37. The van der Waals surface area contributed by atoms with Crippen molar-refractivity contribution in [3.63, 3.8) is 0 Å². The van der Waals surface area contributed by atoms with Crippen molar-refractivity contribution in [3.05, 3.63) is 36.0 Å². The summed E-state index contributed by atoms with van der Waals surface area (Å²) in [5.74, 6) is 1.15. The fraction of sp³-hybridized carbons (Fsp3) is 0.333. The van der Waals surface area contributed by atoms with Crippen molar-refractivity contribution in [1.82, 2.24) is 14.9 Å². The van der Waals surface area contributed by atoms with E-state index in [1.54, 1.807) is 13.0 Å². The number of nitrogens with zero attached hydrogens (tertiary/aromatic N) is 2. The van der Waals surface area contributed by atoms with Crippen LogP contribution in [0.2, 0.25) is 0 Å². The summed E-state index contributed by atoms with van der Waals surface area (Å²) in [4.78, 5) is 4.87. The van der Waals surface area contributed by atoms with Crippen LogP contribution >= 0.6 is 11.8 Å². The van der Waals surface area contributed by atoms with E-state index in [0.717, 1.165) is 4.90 Å². The highest BCUT2D eigenvalue weighted by Crippen LogP contribution is 2.20. The third-order valence-electron chi connectivity index (χ3n) is 2.49. The highest BCUT2D eigenvalue weighted by molar-refractivity contribution is 8.00. The minimum absolute atomic E-state index is 0.000412. The Labute approximate surface area is 127 Å². The van der Waals surface area contributed by atoms with Gasteiger partial charge in [0.25, 0.3) is 0 Å². The number of aryl methyl sites for hydroxylation is 1. The molecule has 1 aromatic carbocycles. The molecule has 0 aliphatic carbocycles. The van der Waals surface area contributed by atoms with Crippen LogP contribution in [0, 0.1) is 6.92 Å². The predicted octanol–water partition coefficient (Wildman–Crippen LogP) is 1.17. The molecule has 0 atom stereocenters. The van der Waals surface area contributed by atoms with Crippen LogP contribution in [0.15, 0.2) is 33.7 Å². The van der Waals surface area contributed by atoms with Crippen LogP contribution in [0.25, 0.3) is 0 Å². The number of nitrogens with two attached hydrogens (primary N) is 1. The predicted molar refractivity (Wildman–Crippen MR) is 81.2 cm³/mol. The lowest BCUT2D eigenvalue weighted by Gasteiger charge is -2.05. The average Bonchev–Trinajstić information content (AvgIpc) is 2.82. The molecule has 0 unspecified atom stereocenters. The van der Waals surface area contributed by atoms with Gasteiger partial charge in [-0.2, -0.15) is 4.98 Å². The standard InChI is InChI=1S/C12H16N4O3S2/c1-9-15-12(19-16-9)8-14-21(17,18)6-5-20-11-4-2-3-10(13)7-11/h2-4,7,14H,5-6,8,13H2,1H3. The van der Waals surface area contributed by atoms with E-state index in [0.29, 0.717) is 17.3 Å². The fourth-order valence-corrected chi connectivity index (χ4v) is 3.86.